The van der Waals surface area contributed by atoms with Crippen LogP contribution in [0.1, 0.15) is 56.5 Å². The van der Waals surface area contributed by atoms with E-state index >= 15 is 0 Å². The number of nitrogens with zero attached hydrogens (tertiary/aromatic N) is 2. The van der Waals surface area contributed by atoms with E-state index in [1.165, 1.54) is 19.3 Å². The van der Waals surface area contributed by atoms with Crippen LogP contribution < -0.4 is 0 Å². The lowest BCUT2D eigenvalue weighted by Gasteiger charge is -2.26. The second kappa shape index (κ2) is 6.92. The van der Waals surface area contributed by atoms with Gasteiger partial charge in [-0.2, -0.15) is 0 Å². The number of aromatic nitrogens is 2. The standard InChI is InChI=1S/C15H26N2O3S/c1-4-20-10-11-21(18,19)15-16-12(2)13(3)17(15)14-8-6-5-7-9-14/h14H,4-11H2,1-3H3. The number of hydrogen-bond donors (Lipinski definition) is 0. The molecule has 0 N–H and O–H groups in total. The van der Waals surface area contributed by atoms with Crippen LogP contribution >= 0.6 is 0 Å². The molecule has 1 aromatic rings. The van der Waals surface area contributed by atoms with Crippen molar-refractivity contribution in [3.05, 3.63) is 11.4 Å². The van der Waals surface area contributed by atoms with Crippen LogP contribution in [0.15, 0.2) is 5.16 Å². The lowest BCUT2D eigenvalue weighted by atomic mass is 9.95. The van der Waals surface area contributed by atoms with Gasteiger partial charge in [-0.3, -0.25) is 0 Å². The first kappa shape index (κ1) is 16.5. The molecule has 5 nitrogen and oxygen atoms in total. The minimum Gasteiger partial charge on any atom is -0.381 e. The Bertz CT molecular complexity index is 572. The fourth-order valence-electron chi connectivity index (χ4n) is 2.99. The van der Waals surface area contributed by atoms with E-state index in [4.69, 9.17) is 4.74 Å². The Morgan fingerprint density at radius 3 is 2.52 bits per heavy atom. The molecule has 1 saturated carbocycles. The van der Waals surface area contributed by atoms with Crippen LogP contribution in [0.5, 0.6) is 0 Å². The summed E-state index contributed by atoms with van der Waals surface area (Å²) in [7, 11) is -3.39. The summed E-state index contributed by atoms with van der Waals surface area (Å²) in [6.07, 6.45) is 5.67. The monoisotopic (exact) mass is 314 g/mol. The van der Waals surface area contributed by atoms with Crippen molar-refractivity contribution in [2.24, 2.45) is 0 Å². The fraction of sp³-hybridized carbons (Fsp3) is 0.800. The van der Waals surface area contributed by atoms with Crippen LogP contribution in [-0.4, -0.2) is 36.9 Å². The first-order valence-corrected chi connectivity index (χ1v) is 9.48. The van der Waals surface area contributed by atoms with E-state index in [0.717, 1.165) is 24.2 Å². The molecule has 120 valence electrons. The van der Waals surface area contributed by atoms with E-state index in [1.54, 1.807) is 0 Å². The third kappa shape index (κ3) is 3.66. The molecule has 0 radical (unpaired) electrons. The highest BCUT2D eigenvalue weighted by Crippen LogP contribution is 2.32. The van der Waals surface area contributed by atoms with Crippen LogP contribution in [0, 0.1) is 13.8 Å². The van der Waals surface area contributed by atoms with Gasteiger partial charge in [0.05, 0.1) is 18.1 Å². The molecule has 0 aromatic carbocycles. The SMILES string of the molecule is CCOCCS(=O)(=O)c1nc(C)c(C)n1C1CCCCC1. The van der Waals surface area contributed by atoms with Crippen molar-refractivity contribution in [3.8, 4) is 0 Å². The topological polar surface area (TPSA) is 61.2 Å². The average molecular weight is 314 g/mol. The highest BCUT2D eigenvalue weighted by molar-refractivity contribution is 7.91. The number of sulfone groups is 1. The third-order valence-electron chi connectivity index (χ3n) is 4.27. The van der Waals surface area contributed by atoms with Gasteiger partial charge in [-0.1, -0.05) is 19.3 Å². The predicted molar refractivity (Wildman–Crippen MR) is 82.4 cm³/mol. The zero-order valence-electron chi connectivity index (χ0n) is 13.3. The molecular formula is C15H26N2O3S. The third-order valence-corrected chi connectivity index (χ3v) is 5.82. The van der Waals surface area contributed by atoms with Gasteiger partial charge in [-0.15, -0.1) is 0 Å². The van der Waals surface area contributed by atoms with Gasteiger partial charge in [0.15, 0.2) is 0 Å². The maximum absolute atomic E-state index is 12.6. The summed E-state index contributed by atoms with van der Waals surface area (Å²) in [6.45, 7) is 6.48. The Morgan fingerprint density at radius 1 is 1.24 bits per heavy atom. The first-order valence-electron chi connectivity index (χ1n) is 7.83. The molecule has 0 atom stereocenters. The van der Waals surface area contributed by atoms with E-state index in [9.17, 15) is 8.42 Å². The van der Waals surface area contributed by atoms with Crippen molar-refractivity contribution in [2.45, 2.75) is 64.1 Å². The highest BCUT2D eigenvalue weighted by atomic mass is 32.2. The van der Waals surface area contributed by atoms with Crippen LogP contribution in [-0.2, 0) is 14.6 Å². The molecule has 2 rings (SSSR count). The summed E-state index contributed by atoms with van der Waals surface area (Å²) < 4.78 is 32.3. The van der Waals surface area contributed by atoms with Crippen molar-refractivity contribution in [1.82, 2.24) is 9.55 Å². The summed E-state index contributed by atoms with van der Waals surface area (Å²) in [6, 6.07) is 0.275. The zero-order chi connectivity index (χ0) is 15.5. The number of ether oxygens (including phenoxy) is 1. The average Bonchev–Trinajstić information content (AvgIpc) is 2.77. The molecule has 6 heteroatoms. The molecule has 1 aliphatic carbocycles. The van der Waals surface area contributed by atoms with Gasteiger partial charge in [-0.25, -0.2) is 13.4 Å². The highest BCUT2D eigenvalue weighted by Gasteiger charge is 2.28. The summed E-state index contributed by atoms with van der Waals surface area (Å²) in [5, 5.41) is 0.240. The van der Waals surface area contributed by atoms with Crippen LogP contribution in [0.4, 0.5) is 0 Å². The molecule has 21 heavy (non-hydrogen) atoms. The van der Waals surface area contributed by atoms with Crippen molar-refractivity contribution in [1.29, 1.82) is 0 Å². The molecule has 0 aliphatic heterocycles. The number of imidazole rings is 1. The lowest BCUT2D eigenvalue weighted by molar-refractivity contribution is 0.163. The smallest absolute Gasteiger partial charge is 0.228 e. The fourth-order valence-corrected chi connectivity index (χ4v) is 4.37. The Hall–Kier alpha value is -0.880. The molecule has 0 unspecified atom stereocenters. The quantitative estimate of drug-likeness (QED) is 0.758. The maximum atomic E-state index is 12.6. The summed E-state index contributed by atoms with van der Waals surface area (Å²) >= 11 is 0. The molecule has 1 aromatic heterocycles. The second-order valence-corrected chi connectivity index (χ2v) is 7.75. The lowest BCUT2D eigenvalue weighted by Crippen LogP contribution is -2.22. The zero-order valence-corrected chi connectivity index (χ0v) is 14.1. The van der Waals surface area contributed by atoms with Crippen LogP contribution in [0.25, 0.3) is 0 Å². The minimum atomic E-state index is -3.39. The normalized spacial score (nSPS) is 17.3. The van der Waals surface area contributed by atoms with E-state index in [2.05, 4.69) is 4.98 Å². The Labute approximate surface area is 127 Å². The van der Waals surface area contributed by atoms with E-state index in [0.29, 0.717) is 6.61 Å². The van der Waals surface area contributed by atoms with Crippen LogP contribution in [0.2, 0.25) is 0 Å². The van der Waals surface area contributed by atoms with Gasteiger partial charge >= 0.3 is 0 Å². The molecule has 0 amide bonds. The summed E-state index contributed by atoms with van der Waals surface area (Å²) in [5.41, 5.74) is 1.80. The van der Waals surface area contributed by atoms with Gasteiger partial charge in [0.1, 0.15) is 0 Å². The van der Waals surface area contributed by atoms with Crippen LogP contribution in [0.3, 0.4) is 0 Å². The number of rotatable bonds is 6. The first-order chi connectivity index (χ1) is 9.97. The number of aryl methyl sites for hydroxylation is 1. The summed E-state index contributed by atoms with van der Waals surface area (Å²) in [5.74, 6) is 0.00343. The molecule has 0 bridgehead atoms. The van der Waals surface area contributed by atoms with Crippen molar-refractivity contribution in [2.75, 3.05) is 19.0 Å². The van der Waals surface area contributed by atoms with Gasteiger partial charge < -0.3 is 9.30 Å². The minimum absolute atomic E-state index is 0.00343. The predicted octanol–water partition coefficient (Wildman–Crippen LogP) is 2.82. The van der Waals surface area contributed by atoms with Gasteiger partial charge in [0, 0.05) is 18.3 Å². The molecule has 1 heterocycles. The molecule has 1 fully saturated rings. The van der Waals surface area contributed by atoms with Crippen molar-refractivity contribution in [3.63, 3.8) is 0 Å². The largest absolute Gasteiger partial charge is 0.381 e. The Morgan fingerprint density at radius 2 is 1.90 bits per heavy atom. The maximum Gasteiger partial charge on any atom is 0.228 e. The van der Waals surface area contributed by atoms with Gasteiger partial charge in [0.2, 0.25) is 15.0 Å². The van der Waals surface area contributed by atoms with Crippen molar-refractivity contribution >= 4 is 9.84 Å². The van der Waals surface area contributed by atoms with Gasteiger partial charge in [0.25, 0.3) is 0 Å². The second-order valence-electron chi connectivity index (χ2n) is 5.74. The number of hydrogen-bond acceptors (Lipinski definition) is 4. The Balaban J connectivity index is 2.32. The van der Waals surface area contributed by atoms with Gasteiger partial charge in [-0.05, 0) is 33.6 Å². The van der Waals surface area contributed by atoms with Crippen molar-refractivity contribution < 1.29 is 13.2 Å². The molecular weight excluding hydrogens is 288 g/mol. The molecule has 0 spiro atoms. The van der Waals surface area contributed by atoms with E-state index in [1.807, 2.05) is 25.3 Å². The molecule has 1 aliphatic rings. The summed E-state index contributed by atoms with van der Waals surface area (Å²) in [4.78, 5) is 4.36. The Kier molecular flexibility index (Phi) is 5.43. The molecule has 0 saturated heterocycles. The van der Waals surface area contributed by atoms with E-state index in [-0.39, 0.29) is 23.6 Å². The van der Waals surface area contributed by atoms with E-state index < -0.39 is 9.84 Å².